The number of rotatable bonds is 3. The average molecular weight is 307 g/mol. The Hall–Kier alpha value is -2.11. The molecule has 3 unspecified atom stereocenters. The molecule has 2 heterocycles. The lowest BCUT2D eigenvalue weighted by Crippen LogP contribution is -2.41. The molecular weight excluding hydrogens is 296 g/mol. The molecule has 1 saturated heterocycles. The molecule has 9 nitrogen and oxygen atoms in total. The molecule has 0 saturated carbocycles. The molecule has 0 spiro atoms. The number of aliphatic hydroxyl groups excluding tert-OH is 2. The van der Waals surface area contributed by atoms with Gasteiger partial charge in [0, 0.05) is 6.20 Å². The van der Waals surface area contributed by atoms with Crippen LogP contribution in [0.2, 0.25) is 0 Å². The monoisotopic (exact) mass is 307 g/mol. The van der Waals surface area contributed by atoms with Gasteiger partial charge in [-0.25, -0.2) is 9.59 Å². The topological polar surface area (TPSA) is 134 Å². The smallest absolute Gasteiger partial charge is 0.410 e. The molecule has 1 fully saturated rings. The minimum absolute atomic E-state index is 0.343. The molecule has 1 aliphatic heterocycles. The number of hydrogen-bond acceptors (Lipinski definition) is 6. The van der Waals surface area contributed by atoms with Crippen molar-refractivity contribution in [2.45, 2.75) is 24.4 Å². The Kier molecular flexibility index (Phi) is 3.89. The summed E-state index contributed by atoms with van der Waals surface area (Å²) in [6.07, 6.45) is -6.60. The van der Waals surface area contributed by atoms with Gasteiger partial charge >= 0.3 is 17.7 Å². The molecule has 1 aromatic rings. The first-order chi connectivity index (χ1) is 9.77. The number of carbonyl (C=O) groups is 1. The summed E-state index contributed by atoms with van der Waals surface area (Å²) in [6.45, 7) is -0.853. The predicted molar refractivity (Wildman–Crippen MR) is 62.1 cm³/mol. The van der Waals surface area contributed by atoms with Crippen LogP contribution in [0.4, 0.5) is 19.4 Å². The van der Waals surface area contributed by atoms with E-state index in [4.69, 9.17) is 14.9 Å². The van der Waals surface area contributed by atoms with E-state index in [0.717, 1.165) is 12.3 Å². The highest BCUT2D eigenvalue weighted by Crippen LogP contribution is 2.41. The highest BCUT2D eigenvalue weighted by Gasteiger charge is 2.59. The minimum atomic E-state index is -3.82. The van der Waals surface area contributed by atoms with Crippen LogP contribution >= 0.6 is 0 Å². The van der Waals surface area contributed by atoms with Gasteiger partial charge in [-0.05, 0) is 6.07 Å². The third-order valence-corrected chi connectivity index (χ3v) is 2.88. The second-order valence-corrected chi connectivity index (χ2v) is 4.26. The number of aliphatic hydroxyl groups is 2. The molecule has 116 valence electrons. The van der Waals surface area contributed by atoms with E-state index in [1.165, 1.54) is 0 Å². The van der Waals surface area contributed by atoms with E-state index >= 15 is 0 Å². The fourth-order valence-corrected chi connectivity index (χ4v) is 1.89. The Morgan fingerprint density at radius 3 is 2.71 bits per heavy atom. The third kappa shape index (κ3) is 2.70. The molecule has 11 heteroatoms. The first-order valence-corrected chi connectivity index (χ1v) is 5.68. The highest BCUT2D eigenvalue weighted by atomic mass is 19.3. The molecule has 4 N–H and O–H groups in total. The van der Waals surface area contributed by atoms with Crippen molar-refractivity contribution in [2.24, 2.45) is 0 Å². The van der Waals surface area contributed by atoms with Gasteiger partial charge in [-0.2, -0.15) is 13.8 Å². The van der Waals surface area contributed by atoms with Crippen LogP contribution in [0, 0.1) is 0 Å². The molecular formula is C10H11F2N3O6. The first-order valence-electron chi connectivity index (χ1n) is 5.68. The fraction of sp³-hybridized carbons (Fsp3) is 0.500. The summed E-state index contributed by atoms with van der Waals surface area (Å²) in [5.74, 6) is -4.16. The van der Waals surface area contributed by atoms with Crippen LogP contribution in [0.1, 0.15) is 6.23 Å². The summed E-state index contributed by atoms with van der Waals surface area (Å²) >= 11 is 0. The molecule has 0 bridgehead atoms. The van der Waals surface area contributed by atoms with Crippen LogP contribution in [0.15, 0.2) is 17.1 Å². The van der Waals surface area contributed by atoms with E-state index in [1.807, 2.05) is 0 Å². The molecule has 21 heavy (non-hydrogen) atoms. The van der Waals surface area contributed by atoms with E-state index in [9.17, 15) is 23.5 Å². The van der Waals surface area contributed by atoms with E-state index in [1.54, 1.807) is 5.32 Å². The Labute approximate surface area is 115 Å². The van der Waals surface area contributed by atoms with Crippen LogP contribution in [-0.4, -0.2) is 55.7 Å². The first kappa shape index (κ1) is 15.3. The van der Waals surface area contributed by atoms with Gasteiger partial charge in [0.15, 0.2) is 6.10 Å². The molecule has 2 rings (SSSR count). The number of amides is 1. The van der Waals surface area contributed by atoms with E-state index in [0.29, 0.717) is 4.57 Å². The Morgan fingerprint density at radius 1 is 1.57 bits per heavy atom. The maximum Gasteiger partial charge on any atom is 0.410 e. The van der Waals surface area contributed by atoms with Gasteiger partial charge in [0.2, 0.25) is 6.23 Å². The SMILES string of the molecule is O=C(O)Nc1ccn(C2OC(CO)C(O)C2(F)F)c(=O)n1. The normalized spacial score (nSPS) is 27.5. The van der Waals surface area contributed by atoms with Crippen LogP contribution in [0.25, 0.3) is 0 Å². The van der Waals surface area contributed by atoms with Crippen LogP contribution in [0.3, 0.4) is 0 Å². The van der Waals surface area contributed by atoms with Crippen LogP contribution in [-0.2, 0) is 4.74 Å². The molecule has 0 aliphatic carbocycles. The Balaban J connectivity index is 2.34. The van der Waals surface area contributed by atoms with Crippen molar-refractivity contribution in [2.75, 3.05) is 11.9 Å². The number of halogens is 2. The number of carboxylic acid groups (broad SMARTS) is 1. The van der Waals surface area contributed by atoms with Crippen LogP contribution < -0.4 is 11.0 Å². The molecule has 1 aromatic heterocycles. The number of alkyl halides is 2. The van der Waals surface area contributed by atoms with Crippen molar-refractivity contribution >= 4 is 11.9 Å². The van der Waals surface area contributed by atoms with Gasteiger partial charge in [-0.3, -0.25) is 9.88 Å². The molecule has 3 atom stereocenters. The van der Waals surface area contributed by atoms with Gasteiger partial charge < -0.3 is 20.1 Å². The van der Waals surface area contributed by atoms with Crippen molar-refractivity contribution in [1.82, 2.24) is 9.55 Å². The van der Waals surface area contributed by atoms with Gasteiger partial charge in [-0.15, -0.1) is 0 Å². The standard InChI is InChI=1S/C10H11F2N3O6/c11-10(12)6(17)4(3-16)21-7(10)15-2-1-5(13-8(15)18)14-9(19)20/h1-2,4,6-7,16-17H,3H2,(H,19,20)(H,13,14,18). The van der Waals surface area contributed by atoms with Gasteiger partial charge in [-0.1, -0.05) is 0 Å². The quantitative estimate of drug-likeness (QED) is 0.575. The zero-order valence-electron chi connectivity index (χ0n) is 10.3. The zero-order valence-corrected chi connectivity index (χ0v) is 10.3. The van der Waals surface area contributed by atoms with Crippen LogP contribution in [0.5, 0.6) is 0 Å². The lowest BCUT2D eigenvalue weighted by Gasteiger charge is -2.21. The number of nitrogens with one attached hydrogen (secondary N) is 1. The van der Waals surface area contributed by atoms with Crippen molar-refractivity contribution < 1.29 is 33.6 Å². The summed E-state index contributed by atoms with van der Waals surface area (Å²) in [5.41, 5.74) is -1.20. The van der Waals surface area contributed by atoms with Gasteiger partial charge in [0.05, 0.1) is 6.61 Å². The van der Waals surface area contributed by atoms with Crippen molar-refractivity contribution in [3.05, 3.63) is 22.7 Å². The van der Waals surface area contributed by atoms with Gasteiger partial charge in [0.1, 0.15) is 11.9 Å². The van der Waals surface area contributed by atoms with Crippen molar-refractivity contribution in [1.29, 1.82) is 0 Å². The molecule has 0 radical (unpaired) electrons. The fourth-order valence-electron chi connectivity index (χ4n) is 1.89. The summed E-state index contributed by atoms with van der Waals surface area (Å²) in [5, 5.41) is 28.4. The highest BCUT2D eigenvalue weighted by molar-refractivity contribution is 5.81. The van der Waals surface area contributed by atoms with E-state index < -0.39 is 42.7 Å². The summed E-state index contributed by atoms with van der Waals surface area (Å²) in [7, 11) is 0. The lowest BCUT2D eigenvalue weighted by atomic mass is 10.1. The average Bonchev–Trinajstić information content (AvgIpc) is 2.61. The van der Waals surface area contributed by atoms with Crippen molar-refractivity contribution in [3.63, 3.8) is 0 Å². The second-order valence-electron chi connectivity index (χ2n) is 4.26. The summed E-state index contributed by atoms with van der Waals surface area (Å²) < 4.78 is 32.8. The predicted octanol–water partition coefficient (Wildman–Crippen LogP) is -0.781. The van der Waals surface area contributed by atoms with E-state index in [2.05, 4.69) is 4.98 Å². The molecule has 1 amide bonds. The third-order valence-electron chi connectivity index (χ3n) is 2.88. The minimum Gasteiger partial charge on any atom is -0.465 e. The maximum atomic E-state index is 13.8. The number of anilines is 1. The van der Waals surface area contributed by atoms with Crippen molar-refractivity contribution in [3.8, 4) is 0 Å². The molecule has 1 aliphatic rings. The Bertz CT molecular complexity index is 607. The summed E-state index contributed by atoms with van der Waals surface area (Å²) in [4.78, 5) is 25.3. The maximum absolute atomic E-state index is 13.8. The number of nitrogens with zero attached hydrogens (tertiary/aromatic N) is 2. The number of aromatic nitrogens is 2. The number of hydrogen-bond donors (Lipinski definition) is 4. The summed E-state index contributed by atoms with van der Waals surface area (Å²) in [6, 6.07) is 0.980. The second kappa shape index (κ2) is 5.35. The largest absolute Gasteiger partial charge is 0.465 e. The van der Waals surface area contributed by atoms with E-state index in [-0.39, 0.29) is 5.82 Å². The Morgan fingerprint density at radius 2 is 2.24 bits per heavy atom. The van der Waals surface area contributed by atoms with Gasteiger partial charge in [0.25, 0.3) is 0 Å². The lowest BCUT2D eigenvalue weighted by molar-refractivity contribution is -0.140. The molecule has 0 aromatic carbocycles. The number of ether oxygens (including phenoxy) is 1. The zero-order chi connectivity index (χ0) is 15.8.